The summed E-state index contributed by atoms with van der Waals surface area (Å²) in [6.07, 6.45) is -0.313. The molecular weight excluding hydrogens is 270 g/mol. The number of esters is 1. The van der Waals surface area contributed by atoms with E-state index in [-0.39, 0.29) is 28.3 Å². The third-order valence-electron chi connectivity index (χ3n) is 2.97. The molecule has 7 heteroatoms. The second-order valence-corrected chi connectivity index (χ2v) is 5.95. The van der Waals surface area contributed by atoms with E-state index in [2.05, 4.69) is 4.74 Å². The molecule has 1 aliphatic heterocycles. The molecule has 1 N–H and O–H groups in total. The second-order valence-electron chi connectivity index (χ2n) is 4.02. The summed E-state index contributed by atoms with van der Waals surface area (Å²) in [5, 5.41) is 10.1. The summed E-state index contributed by atoms with van der Waals surface area (Å²) in [6.45, 7) is 0. The van der Waals surface area contributed by atoms with Crippen molar-refractivity contribution in [2.75, 3.05) is 14.2 Å². The van der Waals surface area contributed by atoms with Crippen LogP contribution in [0.15, 0.2) is 34.9 Å². The zero-order chi connectivity index (χ0) is 14.2. The maximum absolute atomic E-state index is 12.3. The number of aliphatic hydroxyl groups is 1. The topological polar surface area (TPSA) is 83.9 Å². The lowest BCUT2D eigenvalue weighted by Crippen LogP contribution is -2.32. The number of benzene rings is 1. The van der Waals surface area contributed by atoms with E-state index in [1.165, 1.54) is 26.3 Å². The lowest BCUT2D eigenvalue weighted by molar-refractivity contribution is -0.140. The Labute approximate surface area is 111 Å². The smallest absolute Gasteiger partial charge is 0.311 e. The molecule has 0 radical (unpaired) electrons. The Balaban J connectivity index is 2.64. The Kier molecular flexibility index (Phi) is 3.23. The van der Waals surface area contributed by atoms with Gasteiger partial charge in [-0.05, 0) is 12.1 Å². The van der Waals surface area contributed by atoms with Crippen LogP contribution in [-0.2, 0) is 19.6 Å². The highest BCUT2D eigenvalue weighted by Gasteiger charge is 2.35. The van der Waals surface area contributed by atoms with Gasteiger partial charge in [0.2, 0.25) is 0 Å². The highest BCUT2D eigenvalue weighted by Crippen LogP contribution is 2.35. The minimum atomic E-state index is -3.75. The average Bonchev–Trinajstić information content (AvgIpc) is 2.41. The molecular formula is C12H13NO5S. The van der Waals surface area contributed by atoms with Gasteiger partial charge in [0.15, 0.2) is 0 Å². The molecule has 1 aromatic rings. The van der Waals surface area contributed by atoms with Gasteiger partial charge in [0.05, 0.1) is 24.1 Å². The van der Waals surface area contributed by atoms with Crippen LogP contribution in [0.1, 0.15) is 12.0 Å². The van der Waals surface area contributed by atoms with Crippen molar-refractivity contribution >= 4 is 21.8 Å². The number of hydrogen-bond acceptors (Lipinski definition) is 5. The second kappa shape index (κ2) is 4.58. The SMILES string of the molecule is COC(=O)CC1=C(O)c2ccccc2S(=O)(=O)N1C. The monoisotopic (exact) mass is 283 g/mol. The lowest BCUT2D eigenvalue weighted by Gasteiger charge is -2.28. The van der Waals surface area contributed by atoms with Gasteiger partial charge >= 0.3 is 5.97 Å². The van der Waals surface area contributed by atoms with Crippen molar-refractivity contribution in [1.82, 2.24) is 4.31 Å². The fourth-order valence-electron chi connectivity index (χ4n) is 1.89. The van der Waals surface area contributed by atoms with Crippen molar-refractivity contribution in [1.29, 1.82) is 0 Å². The van der Waals surface area contributed by atoms with Crippen molar-refractivity contribution in [3.05, 3.63) is 35.5 Å². The van der Waals surface area contributed by atoms with Gasteiger partial charge in [0.1, 0.15) is 5.76 Å². The third kappa shape index (κ3) is 2.06. The lowest BCUT2D eigenvalue weighted by atomic mass is 10.1. The van der Waals surface area contributed by atoms with Gasteiger partial charge in [0.25, 0.3) is 10.0 Å². The quantitative estimate of drug-likeness (QED) is 0.822. The van der Waals surface area contributed by atoms with Gasteiger partial charge in [-0.2, -0.15) is 0 Å². The number of methoxy groups -OCH3 is 1. The molecule has 1 aromatic carbocycles. The molecule has 0 amide bonds. The molecule has 2 rings (SSSR count). The minimum absolute atomic E-state index is 0.00514. The zero-order valence-electron chi connectivity index (χ0n) is 10.5. The standard InChI is InChI=1S/C12H13NO5S/c1-13-9(7-11(14)18-2)12(15)8-5-3-4-6-10(8)19(13,16)17/h3-6,15H,7H2,1-2H3. The molecule has 0 bridgehead atoms. The van der Waals surface area contributed by atoms with E-state index in [0.29, 0.717) is 0 Å². The van der Waals surface area contributed by atoms with Gasteiger partial charge in [0, 0.05) is 12.6 Å². The molecule has 0 saturated heterocycles. The summed E-state index contributed by atoms with van der Waals surface area (Å²) >= 11 is 0. The first-order valence-electron chi connectivity index (χ1n) is 5.47. The number of carbonyl (C=O) groups is 1. The zero-order valence-corrected chi connectivity index (χ0v) is 11.3. The summed E-state index contributed by atoms with van der Waals surface area (Å²) in [5.74, 6) is -0.846. The van der Waals surface area contributed by atoms with E-state index in [4.69, 9.17) is 0 Å². The van der Waals surface area contributed by atoms with Crippen molar-refractivity contribution in [2.24, 2.45) is 0 Å². The number of hydrogen-bond donors (Lipinski definition) is 1. The first-order valence-corrected chi connectivity index (χ1v) is 6.91. The van der Waals surface area contributed by atoms with Crippen LogP contribution in [-0.4, -0.2) is 38.0 Å². The molecule has 0 spiro atoms. The van der Waals surface area contributed by atoms with Crippen molar-refractivity contribution in [2.45, 2.75) is 11.3 Å². The molecule has 0 aliphatic carbocycles. The number of sulfonamides is 1. The Morgan fingerprint density at radius 1 is 1.37 bits per heavy atom. The number of rotatable bonds is 2. The van der Waals surface area contributed by atoms with Crippen LogP contribution in [0.4, 0.5) is 0 Å². The van der Waals surface area contributed by atoms with E-state index in [1.54, 1.807) is 12.1 Å². The van der Waals surface area contributed by atoms with Gasteiger partial charge in [-0.25, -0.2) is 8.42 Å². The molecule has 1 aliphatic rings. The number of fused-ring (bicyclic) bond motifs is 1. The Bertz CT molecular complexity index is 662. The van der Waals surface area contributed by atoms with E-state index in [0.717, 1.165) is 4.31 Å². The predicted octanol–water partition coefficient (Wildman–Crippen LogP) is 1.11. The molecule has 0 atom stereocenters. The number of ether oxygens (including phenoxy) is 1. The van der Waals surface area contributed by atoms with Crippen LogP contribution in [0.25, 0.3) is 5.76 Å². The Morgan fingerprint density at radius 2 is 2.00 bits per heavy atom. The largest absolute Gasteiger partial charge is 0.505 e. The van der Waals surface area contributed by atoms with Crippen molar-refractivity contribution < 1.29 is 23.1 Å². The summed E-state index contributed by atoms with van der Waals surface area (Å²) in [4.78, 5) is 11.3. The normalized spacial score (nSPS) is 17.1. The molecule has 0 unspecified atom stereocenters. The highest BCUT2D eigenvalue weighted by atomic mass is 32.2. The molecule has 0 fully saturated rings. The van der Waals surface area contributed by atoms with Crippen LogP contribution in [0.2, 0.25) is 0 Å². The van der Waals surface area contributed by atoms with Gasteiger partial charge in [-0.15, -0.1) is 0 Å². The maximum Gasteiger partial charge on any atom is 0.311 e. The van der Waals surface area contributed by atoms with E-state index < -0.39 is 16.0 Å². The Hall–Kier alpha value is -2.02. The summed E-state index contributed by atoms with van der Waals surface area (Å²) in [5.41, 5.74) is 0.199. The van der Waals surface area contributed by atoms with E-state index in [9.17, 15) is 18.3 Å². The number of nitrogens with zero attached hydrogens (tertiary/aromatic N) is 1. The fraction of sp³-hybridized carbons (Fsp3) is 0.250. The molecule has 0 saturated carbocycles. The van der Waals surface area contributed by atoms with Crippen LogP contribution in [0, 0.1) is 0 Å². The Morgan fingerprint density at radius 3 is 2.63 bits per heavy atom. The molecule has 1 heterocycles. The highest BCUT2D eigenvalue weighted by molar-refractivity contribution is 7.89. The summed E-state index contributed by atoms with van der Waals surface area (Å²) in [7, 11) is -1.26. The first kappa shape index (κ1) is 13.4. The molecule has 102 valence electrons. The van der Waals surface area contributed by atoms with Crippen LogP contribution < -0.4 is 0 Å². The van der Waals surface area contributed by atoms with Crippen molar-refractivity contribution in [3.8, 4) is 0 Å². The van der Waals surface area contributed by atoms with Crippen molar-refractivity contribution in [3.63, 3.8) is 0 Å². The van der Waals surface area contributed by atoms with E-state index in [1.807, 2.05) is 0 Å². The summed E-state index contributed by atoms with van der Waals surface area (Å²) in [6, 6.07) is 6.09. The van der Waals surface area contributed by atoms with Gasteiger partial charge < -0.3 is 9.84 Å². The average molecular weight is 283 g/mol. The number of aliphatic hydroxyl groups excluding tert-OH is 1. The summed E-state index contributed by atoms with van der Waals surface area (Å²) < 4.78 is 29.9. The molecule has 6 nitrogen and oxygen atoms in total. The predicted molar refractivity (Wildman–Crippen MR) is 67.6 cm³/mol. The maximum atomic E-state index is 12.3. The van der Waals surface area contributed by atoms with Crippen LogP contribution in [0.5, 0.6) is 0 Å². The van der Waals surface area contributed by atoms with Crippen LogP contribution in [0.3, 0.4) is 0 Å². The fourth-order valence-corrected chi connectivity index (χ4v) is 3.32. The van der Waals surface area contributed by atoms with E-state index >= 15 is 0 Å². The molecule has 0 aromatic heterocycles. The van der Waals surface area contributed by atoms with Crippen LogP contribution >= 0.6 is 0 Å². The number of carbonyl (C=O) groups excluding carboxylic acids is 1. The minimum Gasteiger partial charge on any atom is -0.505 e. The van der Waals surface area contributed by atoms with Gasteiger partial charge in [-0.3, -0.25) is 9.10 Å². The van der Waals surface area contributed by atoms with Gasteiger partial charge in [-0.1, -0.05) is 12.1 Å². The first-order chi connectivity index (χ1) is 8.89. The molecule has 19 heavy (non-hydrogen) atoms. The third-order valence-corrected chi connectivity index (χ3v) is 4.83.